The van der Waals surface area contributed by atoms with Crippen molar-refractivity contribution in [1.29, 1.82) is 0 Å². The van der Waals surface area contributed by atoms with Crippen molar-refractivity contribution in [2.45, 2.75) is 84.0 Å². The van der Waals surface area contributed by atoms with Crippen LogP contribution in [0.3, 0.4) is 0 Å². The number of fused-ring (bicyclic) bond motifs is 1. The summed E-state index contributed by atoms with van der Waals surface area (Å²) in [5, 5.41) is 27.0. The van der Waals surface area contributed by atoms with Gasteiger partial charge < -0.3 is 36.9 Å². The Morgan fingerprint density at radius 3 is 2.10 bits per heavy atom. The number of carboxylic acids is 2. The van der Waals surface area contributed by atoms with Crippen LogP contribution >= 0.6 is 0 Å². The van der Waals surface area contributed by atoms with E-state index >= 15 is 0 Å². The fourth-order valence-corrected chi connectivity index (χ4v) is 4.28. The Balaban J connectivity index is 2.30. The van der Waals surface area contributed by atoms with Crippen LogP contribution in [0.1, 0.15) is 58.9 Å². The molecule has 1 aromatic carbocycles. The molecule has 0 aliphatic carbocycles. The molecule has 0 fully saturated rings. The standard InChI is InChI=1S/C28H41N5O7/c1-5-16(4)24(29)27(38)33-22(13-17-14-30-19-9-7-6-8-18(17)19)26(37)32-21(12-15(2)3)25(36)31-20(28(39)40)10-11-23(34)35/h6-9,14-16,20-22,24,30H,5,10-13,29H2,1-4H3,(H,31,36)(H,32,37)(H,33,38)(H,34,35)(H,39,40). The number of aliphatic carboxylic acids is 2. The van der Waals surface area contributed by atoms with Crippen molar-refractivity contribution in [3.05, 3.63) is 36.0 Å². The largest absolute Gasteiger partial charge is 0.481 e. The number of hydrogen-bond donors (Lipinski definition) is 7. The van der Waals surface area contributed by atoms with Gasteiger partial charge in [0.2, 0.25) is 17.7 Å². The molecule has 1 heterocycles. The van der Waals surface area contributed by atoms with Crippen molar-refractivity contribution >= 4 is 40.6 Å². The van der Waals surface area contributed by atoms with Gasteiger partial charge in [-0.15, -0.1) is 0 Å². The van der Waals surface area contributed by atoms with Crippen molar-refractivity contribution in [1.82, 2.24) is 20.9 Å². The van der Waals surface area contributed by atoms with Gasteiger partial charge in [0, 0.05) is 29.9 Å². The van der Waals surface area contributed by atoms with Crippen LogP contribution in [0.15, 0.2) is 30.5 Å². The Bertz CT molecular complexity index is 1190. The molecule has 0 bridgehead atoms. The number of amides is 3. The van der Waals surface area contributed by atoms with Crippen molar-refractivity contribution in [3.8, 4) is 0 Å². The van der Waals surface area contributed by atoms with Gasteiger partial charge in [-0.3, -0.25) is 19.2 Å². The lowest BCUT2D eigenvalue weighted by Gasteiger charge is -2.27. The summed E-state index contributed by atoms with van der Waals surface area (Å²) in [5.41, 5.74) is 7.75. The number of aromatic nitrogens is 1. The lowest BCUT2D eigenvalue weighted by atomic mass is 9.97. The predicted molar refractivity (Wildman–Crippen MR) is 149 cm³/mol. The third kappa shape index (κ3) is 9.37. The fraction of sp³-hybridized carbons (Fsp3) is 0.536. The summed E-state index contributed by atoms with van der Waals surface area (Å²) in [7, 11) is 0. The monoisotopic (exact) mass is 559 g/mol. The van der Waals surface area contributed by atoms with Crippen molar-refractivity contribution in [2.24, 2.45) is 17.6 Å². The number of carbonyl (C=O) groups is 5. The summed E-state index contributed by atoms with van der Waals surface area (Å²) < 4.78 is 0. The molecule has 0 saturated heterocycles. The topological polar surface area (TPSA) is 204 Å². The van der Waals surface area contributed by atoms with E-state index in [2.05, 4.69) is 20.9 Å². The maximum atomic E-state index is 13.6. The maximum absolute atomic E-state index is 13.6. The molecule has 2 rings (SSSR count). The summed E-state index contributed by atoms with van der Waals surface area (Å²) in [5.74, 6) is -4.65. The average molecular weight is 560 g/mol. The van der Waals surface area contributed by atoms with E-state index in [1.54, 1.807) is 6.20 Å². The van der Waals surface area contributed by atoms with Crippen LogP contribution in [0.25, 0.3) is 10.9 Å². The predicted octanol–water partition coefficient (Wildman–Crippen LogP) is 1.53. The van der Waals surface area contributed by atoms with E-state index in [4.69, 9.17) is 10.8 Å². The van der Waals surface area contributed by atoms with Crippen LogP contribution < -0.4 is 21.7 Å². The number of carboxylic acid groups (broad SMARTS) is 2. The number of nitrogens with one attached hydrogen (secondary N) is 4. The fourth-order valence-electron chi connectivity index (χ4n) is 4.28. The number of aromatic amines is 1. The number of rotatable bonds is 16. The normalized spacial score (nSPS) is 15.1. The summed E-state index contributed by atoms with van der Waals surface area (Å²) in [6, 6.07) is 3.03. The van der Waals surface area contributed by atoms with Crippen LogP contribution in [0, 0.1) is 11.8 Å². The Morgan fingerprint density at radius 1 is 0.900 bits per heavy atom. The van der Waals surface area contributed by atoms with Gasteiger partial charge in [-0.05, 0) is 36.3 Å². The number of benzene rings is 1. The minimum atomic E-state index is -1.44. The molecule has 0 aliphatic rings. The van der Waals surface area contributed by atoms with E-state index in [-0.39, 0.29) is 31.1 Å². The highest BCUT2D eigenvalue weighted by Gasteiger charge is 2.32. The highest BCUT2D eigenvalue weighted by Crippen LogP contribution is 2.20. The molecule has 5 atom stereocenters. The van der Waals surface area contributed by atoms with Gasteiger partial charge in [0.05, 0.1) is 6.04 Å². The van der Waals surface area contributed by atoms with E-state index in [1.807, 2.05) is 52.0 Å². The first-order valence-electron chi connectivity index (χ1n) is 13.5. The first-order valence-corrected chi connectivity index (χ1v) is 13.5. The maximum Gasteiger partial charge on any atom is 0.326 e. The van der Waals surface area contributed by atoms with Crippen molar-refractivity contribution in [3.63, 3.8) is 0 Å². The summed E-state index contributed by atoms with van der Waals surface area (Å²) in [6.07, 6.45) is 1.95. The molecule has 0 aliphatic heterocycles. The summed E-state index contributed by atoms with van der Waals surface area (Å²) in [4.78, 5) is 65.3. The zero-order valence-electron chi connectivity index (χ0n) is 23.4. The third-order valence-electron chi connectivity index (χ3n) is 6.89. The second-order valence-corrected chi connectivity index (χ2v) is 10.6. The molecule has 12 heteroatoms. The highest BCUT2D eigenvalue weighted by molar-refractivity contribution is 5.95. The molecule has 0 saturated carbocycles. The molecule has 40 heavy (non-hydrogen) atoms. The number of nitrogens with two attached hydrogens (primary N) is 1. The minimum Gasteiger partial charge on any atom is -0.481 e. The average Bonchev–Trinajstić information content (AvgIpc) is 3.31. The Labute approximate surface area is 233 Å². The van der Waals surface area contributed by atoms with E-state index in [0.29, 0.717) is 6.42 Å². The second kappa shape index (κ2) is 15.0. The molecule has 0 radical (unpaired) electrons. The Kier molecular flexibility index (Phi) is 12.1. The van der Waals surface area contributed by atoms with Crippen LogP contribution in [-0.4, -0.2) is 69.0 Å². The number of H-pyrrole nitrogens is 1. The second-order valence-electron chi connectivity index (χ2n) is 10.6. The smallest absolute Gasteiger partial charge is 0.326 e. The lowest BCUT2D eigenvalue weighted by Crippen LogP contribution is -2.58. The van der Waals surface area contributed by atoms with Crippen LogP contribution in [-0.2, 0) is 30.4 Å². The summed E-state index contributed by atoms with van der Waals surface area (Å²) in [6.45, 7) is 7.42. The molecule has 1 aromatic heterocycles. The number of hydrogen-bond acceptors (Lipinski definition) is 6. The van der Waals surface area contributed by atoms with Gasteiger partial charge in [0.25, 0.3) is 0 Å². The number of carbonyl (C=O) groups excluding carboxylic acids is 3. The first-order chi connectivity index (χ1) is 18.8. The molecule has 3 amide bonds. The van der Waals surface area contributed by atoms with Crippen LogP contribution in [0.4, 0.5) is 0 Å². The van der Waals surface area contributed by atoms with Gasteiger partial charge in [0.15, 0.2) is 0 Å². The molecule has 0 spiro atoms. The minimum absolute atomic E-state index is 0.0566. The molecule has 8 N–H and O–H groups in total. The molecule has 12 nitrogen and oxygen atoms in total. The molecular weight excluding hydrogens is 518 g/mol. The SMILES string of the molecule is CCC(C)C(N)C(=O)NC(Cc1c[nH]c2ccccc12)C(=O)NC(CC(C)C)C(=O)NC(CCC(=O)O)C(=O)O. The Morgan fingerprint density at radius 2 is 1.50 bits per heavy atom. The molecule has 2 aromatic rings. The molecular formula is C28H41N5O7. The van der Waals surface area contributed by atoms with E-state index in [1.165, 1.54) is 0 Å². The highest BCUT2D eigenvalue weighted by atomic mass is 16.4. The van der Waals surface area contributed by atoms with E-state index in [0.717, 1.165) is 16.5 Å². The van der Waals surface area contributed by atoms with Crippen molar-refractivity contribution < 1.29 is 34.2 Å². The van der Waals surface area contributed by atoms with Gasteiger partial charge >= 0.3 is 11.9 Å². The molecule has 5 unspecified atom stereocenters. The lowest BCUT2D eigenvalue weighted by molar-refractivity contribution is -0.143. The van der Waals surface area contributed by atoms with Gasteiger partial charge in [-0.1, -0.05) is 52.3 Å². The van der Waals surface area contributed by atoms with Crippen LogP contribution in [0.5, 0.6) is 0 Å². The zero-order valence-corrected chi connectivity index (χ0v) is 23.4. The Hall–Kier alpha value is -3.93. The van der Waals surface area contributed by atoms with Crippen molar-refractivity contribution in [2.75, 3.05) is 0 Å². The summed E-state index contributed by atoms with van der Waals surface area (Å²) >= 11 is 0. The van der Waals surface area contributed by atoms with E-state index in [9.17, 15) is 29.1 Å². The van der Waals surface area contributed by atoms with Gasteiger partial charge in [-0.25, -0.2) is 4.79 Å². The molecule has 220 valence electrons. The first kappa shape index (κ1) is 32.3. The van der Waals surface area contributed by atoms with Crippen LogP contribution in [0.2, 0.25) is 0 Å². The van der Waals surface area contributed by atoms with E-state index < -0.39 is 60.2 Å². The number of para-hydroxylation sites is 1. The van der Waals surface area contributed by atoms with Gasteiger partial charge in [0.1, 0.15) is 18.1 Å². The third-order valence-corrected chi connectivity index (χ3v) is 6.89. The quantitative estimate of drug-likeness (QED) is 0.160. The zero-order chi connectivity index (χ0) is 30.0. The van der Waals surface area contributed by atoms with Gasteiger partial charge in [-0.2, -0.15) is 0 Å².